The van der Waals surface area contributed by atoms with Crippen LogP contribution in [-0.2, 0) is 4.79 Å². The minimum absolute atomic E-state index is 0.151. The van der Waals surface area contributed by atoms with Crippen LogP contribution in [0.1, 0.15) is 31.9 Å². The fraction of sp³-hybridized carbons (Fsp3) is 0.533. The van der Waals surface area contributed by atoms with Gasteiger partial charge in [0.1, 0.15) is 0 Å². The maximum Gasteiger partial charge on any atom is 0.307 e. The van der Waals surface area contributed by atoms with Gasteiger partial charge in [-0.1, -0.05) is 36.7 Å². The summed E-state index contributed by atoms with van der Waals surface area (Å²) in [5.41, 5.74) is 1.07. The third-order valence-electron chi connectivity index (χ3n) is 3.94. The molecular weight excluding hydrogens is 262 g/mol. The van der Waals surface area contributed by atoms with Crippen LogP contribution < -0.4 is 0 Å². The van der Waals surface area contributed by atoms with Crippen molar-refractivity contribution in [2.45, 2.75) is 26.3 Å². The van der Waals surface area contributed by atoms with E-state index in [9.17, 15) is 9.90 Å². The van der Waals surface area contributed by atoms with Gasteiger partial charge in [-0.2, -0.15) is 0 Å². The molecule has 1 aliphatic rings. The van der Waals surface area contributed by atoms with Gasteiger partial charge in [-0.05, 0) is 30.9 Å². The molecule has 3 atom stereocenters. The fourth-order valence-electron chi connectivity index (χ4n) is 2.90. The second-order valence-corrected chi connectivity index (χ2v) is 5.93. The summed E-state index contributed by atoms with van der Waals surface area (Å²) in [7, 11) is 0. The van der Waals surface area contributed by atoms with Crippen molar-refractivity contribution in [2.24, 2.45) is 11.8 Å². The predicted octanol–water partition coefficient (Wildman–Crippen LogP) is 3.44. The van der Waals surface area contributed by atoms with Crippen LogP contribution in [0.3, 0.4) is 0 Å². The van der Waals surface area contributed by atoms with E-state index < -0.39 is 5.97 Å². The van der Waals surface area contributed by atoms with E-state index in [1.807, 2.05) is 24.3 Å². The number of hydrogen-bond acceptors (Lipinski definition) is 2. The lowest BCUT2D eigenvalue weighted by Crippen LogP contribution is -2.43. The highest BCUT2D eigenvalue weighted by atomic mass is 35.5. The largest absolute Gasteiger partial charge is 0.481 e. The number of rotatable bonds is 3. The first-order chi connectivity index (χ1) is 8.99. The summed E-state index contributed by atoms with van der Waals surface area (Å²) in [6, 6.07) is 7.94. The Balaban J connectivity index is 2.16. The van der Waals surface area contributed by atoms with Crippen LogP contribution in [0, 0.1) is 11.8 Å². The van der Waals surface area contributed by atoms with Crippen molar-refractivity contribution in [3.8, 4) is 0 Å². The number of benzene rings is 1. The van der Waals surface area contributed by atoms with Crippen molar-refractivity contribution in [3.05, 3.63) is 34.9 Å². The van der Waals surface area contributed by atoms with Gasteiger partial charge in [-0.25, -0.2) is 0 Å². The van der Waals surface area contributed by atoms with Gasteiger partial charge in [0, 0.05) is 24.2 Å². The molecule has 1 aliphatic heterocycles. The molecule has 0 aliphatic carbocycles. The highest BCUT2D eigenvalue weighted by Crippen LogP contribution is 2.32. The SMILES string of the molecule is CC1CC(C(=O)O)CN(C(C)c2ccccc2Cl)C1. The van der Waals surface area contributed by atoms with Crippen LogP contribution in [0.5, 0.6) is 0 Å². The number of halogens is 1. The van der Waals surface area contributed by atoms with Crippen LogP contribution in [0.4, 0.5) is 0 Å². The summed E-state index contributed by atoms with van der Waals surface area (Å²) >= 11 is 6.23. The smallest absolute Gasteiger partial charge is 0.307 e. The second kappa shape index (κ2) is 5.93. The van der Waals surface area contributed by atoms with Crippen LogP contribution in [0.2, 0.25) is 5.02 Å². The molecule has 2 rings (SSSR count). The number of piperidine rings is 1. The van der Waals surface area contributed by atoms with Gasteiger partial charge in [0.2, 0.25) is 0 Å². The summed E-state index contributed by atoms with van der Waals surface area (Å²) in [4.78, 5) is 13.4. The van der Waals surface area contributed by atoms with Crippen molar-refractivity contribution in [1.82, 2.24) is 4.90 Å². The normalized spacial score (nSPS) is 26.1. The van der Waals surface area contributed by atoms with Gasteiger partial charge in [-0.15, -0.1) is 0 Å². The Morgan fingerprint density at radius 1 is 1.42 bits per heavy atom. The molecular formula is C15H20ClNO2. The highest BCUT2D eigenvalue weighted by molar-refractivity contribution is 6.31. The molecule has 0 amide bonds. The minimum Gasteiger partial charge on any atom is -0.481 e. The molecule has 104 valence electrons. The Hall–Kier alpha value is -1.06. The first-order valence-corrected chi connectivity index (χ1v) is 7.08. The van der Waals surface area contributed by atoms with Crippen LogP contribution in [0.25, 0.3) is 0 Å². The average molecular weight is 282 g/mol. The third kappa shape index (κ3) is 3.28. The van der Waals surface area contributed by atoms with Crippen LogP contribution >= 0.6 is 11.6 Å². The van der Waals surface area contributed by atoms with Crippen molar-refractivity contribution in [3.63, 3.8) is 0 Å². The number of hydrogen-bond donors (Lipinski definition) is 1. The highest BCUT2D eigenvalue weighted by Gasteiger charge is 2.32. The summed E-state index contributed by atoms with van der Waals surface area (Å²) in [5, 5.41) is 9.98. The van der Waals surface area contributed by atoms with Crippen molar-refractivity contribution < 1.29 is 9.90 Å². The Kier molecular flexibility index (Phi) is 4.48. The lowest BCUT2D eigenvalue weighted by Gasteiger charge is -2.38. The Bertz CT molecular complexity index is 463. The van der Waals surface area contributed by atoms with Crippen molar-refractivity contribution in [1.29, 1.82) is 0 Å². The lowest BCUT2D eigenvalue weighted by molar-refractivity contribution is -0.144. The first kappa shape index (κ1) is 14.4. The monoisotopic (exact) mass is 281 g/mol. The molecule has 1 aromatic rings. The van der Waals surface area contributed by atoms with E-state index in [1.54, 1.807) is 0 Å². The zero-order valence-corrected chi connectivity index (χ0v) is 12.1. The van der Waals surface area contributed by atoms with E-state index in [0.29, 0.717) is 12.5 Å². The number of likely N-dealkylation sites (tertiary alicyclic amines) is 1. The molecule has 0 spiro atoms. The molecule has 3 nitrogen and oxygen atoms in total. The van der Waals surface area contributed by atoms with Gasteiger partial charge < -0.3 is 5.11 Å². The molecule has 0 aromatic heterocycles. The van der Waals surface area contributed by atoms with Crippen molar-refractivity contribution >= 4 is 17.6 Å². The van der Waals surface area contributed by atoms with E-state index in [-0.39, 0.29) is 12.0 Å². The molecule has 1 N–H and O–H groups in total. The van der Waals surface area contributed by atoms with Gasteiger partial charge in [0.05, 0.1) is 5.92 Å². The number of nitrogens with zero attached hydrogens (tertiary/aromatic N) is 1. The van der Waals surface area contributed by atoms with Gasteiger partial charge in [-0.3, -0.25) is 9.69 Å². The summed E-state index contributed by atoms with van der Waals surface area (Å²) in [6.45, 7) is 5.74. The molecule has 4 heteroatoms. The predicted molar refractivity (Wildman–Crippen MR) is 76.3 cm³/mol. The number of carboxylic acid groups (broad SMARTS) is 1. The topological polar surface area (TPSA) is 40.5 Å². The molecule has 19 heavy (non-hydrogen) atoms. The third-order valence-corrected chi connectivity index (χ3v) is 4.28. The van der Waals surface area contributed by atoms with Gasteiger partial charge in [0.25, 0.3) is 0 Å². The maximum absolute atomic E-state index is 11.2. The Morgan fingerprint density at radius 3 is 2.74 bits per heavy atom. The van der Waals surface area contributed by atoms with E-state index in [1.165, 1.54) is 0 Å². The number of aliphatic carboxylic acids is 1. The van der Waals surface area contributed by atoms with E-state index in [2.05, 4.69) is 18.7 Å². The van der Waals surface area contributed by atoms with Crippen molar-refractivity contribution in [2.75, 3.05) is 13.1 Å². The fourth-order valence-corrected chi connectivity index (χ4v) is 3.19. The molecule has 1 heterocycles. The molecule has 1 saturated heterocycles. The molecule has 1 aromatic carbocycles. The van der Waals surface area contributed by atoms with Crippen LogP contribution in [-0.4, -0.2) is 29.1 Å². The van der Waals surface area contributed by atoms with E-state index in [0.717, 1.165) is 23.6 Å². The molecule has 0 radical (unpaired) electrons. The van der Waals surface area contributed by atoms with Crippen LogP contribution in [0.15, 0.2) is 24.3 Å². The molecule has 1 fully saturated rings. The summed E-state index contributed by atoms with van der Waals surface area (Å²) in [5.74, 6) is -0.559. The van der Waals surface area contributed by atoms with E-state index in [4.69, 9.17) is 11.6 Å². The minimum atomic E-state index is -0.692. The Morgan fingerprint density at radius 2 is 2.11 bits per heavy atom. The standard InChI is InChI=1S/C15H20ClNO2/c1-10-7-12(15(18)19)9-17(8-10)11(2)13-5-3-4-6-14(13)16/h3-6,10-12H,7-9H2,1-2H3,(H,18,19). The quantitative estimate of drug-likeness (QED) is 0.923. The zero-order chi connectivity index (χ0) is 14.0. The molecule has 0 bridgehead atoms. The molecule has 0 saturated carbocycles. The first-order valence-electron chi connectivity index (χ1n) is 6.70. The number of carbonyl (C=O) groups is 1. The lowest BCUT2D eigenvalue weighted by atomic mass is 9.89. The maximum atomic E-state index is 11.2. The number of carboxylic acids is 1. The zero-order valence-electron chi connectivity index (χ0n) is 11.3. The second-order valence-electron chi connectivity index (χ2n) is 5.53. The van der Waals surface area contributed by atoms with Gasteiger partial charge >= 0.3 is 5.97 Å². The molecule has 3 unspecified atom stereocenters. The summed E-state index contributed by atoms with van der Waals surface area (Å²) in [6.07, 6.45) is 0.765. The summed E-state index contributed by atoms with van der Waals surface area (Å²) < 4.78 is 0. The Labute approximate surface area is 119 Å². The average Bonchev–Trinajstić information content (AvgIpc) is 2.37. The van der Waals surface area contributed by atoms with E-state index >= 15 is 0 Å². The van der Waals surface area contributed by atoms with Gasteiger partial charge in [0.15, 0.2) is 0 Å².